The molecule has 2 aromatic heterocycles. The molecule has 1 saturated heterocycles. The molecule has 1 aliphatic rings. The Kier molecular flexibility index (Phi) is 5.99. The maximum absolute atomic E-state index is 13.4. The molecule has 0 bridgehead atoms. The zero-order chi connectivity index (χ0) is 22.6. The summed E-state index contributed by atoms with van der Waals surface area (Å²) in [4.78, 5) is 25.9. The minimum Gasteiger partial charge on any atom is -0.399 e. The van der Waals surface area contributed by atoms with Gasteiger partial charge < -0.3 is 14.3 Å². The zero-order valence-corrected chi connectivity index (χ0v) is 18.9. The first kappa shape index (κ1) is 21.1. The first-order valence-electron chi connectivity index (χ1n) is 10.6. The van der Waals surface area contributed by atoms with Crippen LogP contribution in [-0.4, -0.2) is 40.3 Å². The van der Waals surface area contributed by atoms with E-state index in [0.29, 0.717) is 36.7 Å². The molecule has 4 aromatic rings. The van der Waals surface area contributed by atoms with Crippen LogP contribution in [0, 0.1) is 0 Å². The van der Waals surface area contributed by atoms with Gasteiger partial charge in [0.25, 0.3) is 5.91 Å². The largest absolute Gasteiger partial charge is 0.399 e. The fourth-order valence-electron chi connectivity index (χ4n) is 3.98. The normalized spacial score (nSPS) is 16.9. The van der Waals surface area contributed by atoms with Crippen molar-refractivity contribution in [3.05, 3.63) is 94.3 Å². The monoisotopic (exact) mass is 458 g/mol. The summed E-state index contributed by atoms with van der Waals surface area (Å²) < 4.78 is 5.57. The number of carbonyl (C=O) groups excluding carboxylic acids is 1. The Labute approximate surface area is 195 Å². The average molecular weight is 459 g/mol. The standard InChI is InChI=1S/C25H22N4O3S/c1-31-27-20-14-22(24-26-23(28-32-24)15-21-8-5-13-33-21)29(16-20)25(30)19-11-9-18(10-12-19)17-6-3-2-4-7-17/h2-13,22H,14-16H2,1H3. The molecule has 0 saturated carbocycles. The van der Waals surface area contributed by atoms with E-state index in [0.717, 1.165) is 21.7 Å². The van der Waals surface area contributed by atoms with Gasteiger partial charge in [-0.25, -0.2) is 0 Å². The van der Waals surface area contributed by atoms with Gasteiger partial charge in [-0.2, -0.15) is 4.98 Å². The van der Waals surface area contributed by atoms with E-state index >= 15 is 0 Å². The fraction of sp³-hybridized carbons (Fsp3) is 0.200. The number of thiophene rings is 1. The Hall–Kier alpha value is -3.78. The second kappa shape index (κ2) is 9.38. The van der Waals surface area contributed by atoms with E-state index in [9.17, 15) is 4.79 Å². The minimum absolute atomic E-state index is 0.112. The van der Waals surface area contributed by atoms with E-state index < -0.39 is 0 Å². The highest BCUT2D eigenvalue weighted by atomic mass is 32.1. The molecule has 8 heteroatoms. The van der Waals surface area contributed by atoms with Crippen molar-refractivity contribution in [3.63, 3.8) is 0 Å². The van der Waals surface area contributed by atoms with Crippen LogP contribution < -0.4 is 0 Å². The third-order valence-electron chi connectivity index (χ3n) is 5.56. The summed E-state index contributed by atoms with van der Waals surface area (Å²) >= 11 is 1.65. The van der Waals surface area contributed by atoms with Crippen molar-refractivity contribution in [3.8, 4) is 11.1 Å². The lowest BCUT2D eigenvalue weighted by molar-refractivity contribution is 0.0713. The Morgan fingerprint density at radius 2 is 1.91 bits per heavy atom. The van der Waals surface area contributed by atoms with Crippen LogP contribution in [0.1, 0.15) is 39.4 Å². The van der Waals surface area contributed by atoms with Gasteiger partial charge in [-0.15, -0.1) is 11.3 Å². The number of likely N-dealkylation sites (tertiary alicyclic amines) is 1. The third-order valence-corrected chi connectivity index (χ3v) is 6.44. The second-order valence-electron chi connectivity index (χ2n) is 7.74. The molecular formula is C25H22N4O3S. The van der Waals surface area contributed by atoms with Gasteiger partial charge in [-0.3, -0.25) is 4.79 Å². The number of nitrogens with zero attached hydrogens (tertiary/aromatic N) is 4. The van der Waals surface area contributed by atoms with Crippen molar-refractivity contribution in [2.75, 3.05) is 13.7 Å². The second-order valence-corrected chi connectivity index (χ2v) is 8.77. The molecule has 0 radical (unpaired) electrons. The van der Waals surface area contributed by atoms with Crippen molar-refractivity contribution < 1.29 is 14.2 Å². The first-order valence-corrected chi connectivity index (χ1v) is 11.5. The maximum atomic E-state index is 13.4. The van der Waals surface area contributed by atoms with E-state index in [1.54, 1.807) is 16.2 Å². The number of carbonyl (C=O) groups is 1. The van der Waals surface area contributed by atoms with Crippen molar-refractivity contribution in [1.82, 2.24) is 15.0 Å². The van der Waals surface area contributed by atoms with Gasteiger partial charge in [0, 0.05) is 23.3 Å². The van der Waals surface area contributed by atoms with Gasteiger partial charge in [0.1, 0.15) is 13.2 Å². The first-order chi connectivity index (χ1) is 16.2. The molecule has 1 fully saturated rings. The van der Waals surface area contributed by atoms with Crippen LogP contribution in [0.25, 0.3) is 11.1 Å². The molecule has 0 spiro atoms. The quantitative estimate of drug-likeness (QED) is 0.381. The highest BCUT2D eigenvalue weighted by Crippen LogP contribution is 2.32. The van der Waals surface area contributed by atoms with Gasteiger partial charge in [-0.05, 0) is 34.7 Å². The Morgan fingerprint density at radius 1 is 1.12 bits per heavy atom. The third kappa shape index (κ3) is 4.56. The molecule has 5 rings (SSSR count). The van der Waals surface area contributed by atoms with Crippen molar-refractivity contribution in [2.24, 2.45) is 5.16 Å². The van der Waals surface area contributed by atoms with E-state index in [4.69, 9.17) is 9.36 Å². The molecule has 1 amide bonds. The lowest BCUT2D eigenvalue weighted by Crippen LogP contribution is -2.31. The van der Waals surface area contributed by atoms with E-state index in [-0.39, 0.29) is 11.9 Å². The highest BCUT2D eigenvalue weighted by Gasteiger charge is 2.38. The summed E-state index contributed by atoms with van der Waals surface area (Å²) in [5.74, 6) is 0.903. The van der Waals surface area contributed by atoms with E-state index in [2.05, 4.69) is 15.3 Å². The average Bonchev–Trinajstić information content (AvgIpc) is 3.61. The van der Waals surface area contributed by atoms with Gasteiger partial charge in [-0.1, -0.05) is 58.8 Å². The van der Waals surface area contributed by atoms with Crippen LogP contribution in [-0.2, 0) is 11.3 Å². The predicted molar refractivity (Wildman–Crippen MR) is 126 cm³/mol. The molecule has 1 unspecified atom stereocenters. The highest BCUT2D eigenvalue weighted by molar-refractivity contribution is 7.09. The van der Waals surface area contributed by atoms with Crippen LogP contribution in [0.2, 0.25) is 0 Å². The molecule has 33 heavy (non-hydrogen) atoms. The zero-order valence-electron chi connectivity index (χ0n) is 18.0. The summed E-state index contributed by atoms with van der Waals surface area (Å²) in [7, 11) is 1.50. The number of benzene rings is 2. The fourth-order valence-corrected chi connectivity index (χ4v) is 4.68. The van der Waals surface area contributed by atoms with Crippen LogP contribution in [0.5, 0.6) is 0 Å². The van der Waals surface area contributed by atoms with Crippen LogP contribution in [0.3, 0.4) is 0 Å². The molecule has 7 nitrogen and oxygen atoms in total. The van der Waals surface area contributed by atoms with Crippen molar-refractivity contribution in [1.29, 1.82) is 0 Å². The molecule has 3 heterocycles. The lowest BCUT2D eigenvalue weighted by Gasteiger charge is -2.21. The Morgan fingerprint density at radius 3 is 2.64 bits per heavy atom. The molecule has 2 aromatic carbocycles. The number of rotatable bonds is 6. The topological polar surface area (TPSA) is 80.8 Å². The van der Waals surface area contributed by atoms with Gasteiger partial charge in [0.15, 0.2) is 5.82 Å². The van der Waals surface area contributed by atoms with Crippen LogP contribution in [0.15, 0.2) is 81.8 Å². The molecule has 0 N–H and O–H groups in total. The predicted octanol–water partition coefficient (Wildman–Crippen LogP) is 4.98. The smallest absolute Gasteiger partial charge is 0.254 e. The summed E-state index contributed by atoms with van der Waals surface area (Å²) in [6, 6.07) is 21.3. The van der Waals surface area contributed by atoms with Gasteiger partial charge in [0.05, 0.1) is 12.3 Å². The lowest BCUT2D eigenvalue weighted by atomic mass is 10.0. The molecule has 1 aliphatic heterocycles. The van der Waals surface area contributed by atoms with Crippen LogP contribution >= 0.6 is 11.3 Å². The number of oxime groups is 1. The number of hydrogen-bond donors (Lipinski definition) is 0. The van der Waals surface area contributed by atoms with Gasteiger partial charge >= 0.3 is 0 Å². The molecule has 0 aliphatic carbocycles. The maximum Gasteiger partial charge on any atom is 0.254 e. The van der Waals surface area contributed by atoms with Gasteiger partial charge in [0.2, 0.25) is 5.89 Å². The Balaban J connectivity index is 1.38. The minimum atomic E-state index is -0.384. The summed E-state index contributed by atoms with van der Waals surface area (Å²) in [6.07, 6.45) is 1.09. The Bertz CT molecular complexity index is 1250. The number of hydrogen-bond acceptors (Lipinski definition) is 7. The van der Waals surface area contributed by atoms with E-state index in [1.807, 2.05) is 72.1 Å². The molecular weight excluding hydrogens is 436 g/mol. The van der Waals surface area contributed by atoms with Crippen LogP contribution in [0.4, 0.5) is 0 Å². The SMILES string of the molecule is CON=C1CC(c2nc(Cc3cccs3)no2)N(C(=O)c2ccc(-c3ccccc3)cc2)C1. The number of amides is 1. The summed E-state index contributed by atoms with van der Waals surface area (Å²) in [5.41, 5.74) is 3.52. The molecule has 1 atom stereocenters. The van der Waals surface area contributed by atoms with Crippen molar-refractivity contribution in [2.45, 2.75) is 18.9 Å². The summed E-state index contributed by atoms with van der Waals surface area (Å²) in [6.45, 7) is 0.348. The summed E-state index contributed by atoms with van der Waals surface area (Å²) in [5, 5.41) is 10.2. The van der Waals surface area contributed by atoms with E-state index in [1.165, 1.54) is 7.11 Å². The van der Waals surface area contributed by atoms with Crippen molar-refractivity contribution >= 4 is 23.0 Å². The number of aromatic nitrogens is 2. The molecule has 166 valence electrons.